The Labute approximate surface area is 408 Å². The molecule has 0 aliphatic rings. The highest BCUT2D eigenvalue weighted by molar-refractivity contribution is 7.47. The SMILES string of the molecule is CCCCCCC/C=C\C/C=C\CCCCCCCCCCCCCC(=O)OC(COC(=O)CCCCCCCCCCCCCCCCCCCCCCCC)COP(=O)(O)OCCN. The van der Waals surface area contributed by atoms with Crippen LogP contribution < -0.4 is 5.73 Å². The molecule has 10 heteroatoms. The normalized spacial score (nSPS) is 13.2. The molecule has 2 atom stereocenters. The molecule has 0 aliphatic heterocycles. The lowest BCUT2D eigenvalue weighted by molar-refractivity contribution is -0.161. The van der Waals surface area contributed by atoms with Gasteiger partial charge in [-0.2, -0.15) is 0 Å². The minimum absolute atomic E-state index is 0.0554. The van der Waals surface area contributed by atoms with Crippen molar-refractivity contribution >= 4 is 19.8 Å². The number of phosphoric ester groups is 1. The van der Waals surface area contributed by atoms with E-state index in [1.807, 2.05) is 0 Å². The average Bonchev–Trinajstić information content (AvgIpc) is 3.31. The topological polar surface area (TPSA) is 134 Å². The van der Waals surface area contributed by atoms with Gasteiger partial charge in [-0.25, -0.2) is 4.57 Å². The van der Waals surface area contributed by atoms with Gasteiger partial charge in [0.05, 0.1) is 13.2 Å². The number of hydrogen-bond donors (Lipinski definition) is 2. The highest BCUT2D eigenvalue weighted by atomic mass is 31.2. The number of rotatable bonds is 54. The highest BCUT2D eigenvalue weighted by Gasteiger charge is 2.26. The number of hydrogen-bond acceptors (Lipinski definition) is 8. The first-order valence-corrected chi connectivity index (χ1v) is 29.8. The second-order valence-electron chi connectivity index (χ2n) is 19.2. The Morgan fingerprint density at radius 2 is 0.788 bits per heavy atom. The molecular formula is C56H108NO8P. The molecule has 0 spiro atoms. The number of esters is 2. The molecule has 0 saturated carbocycles. The van der Waals surface area contributed by atoms with Crippen LogP contribution in [0.25, 0.3) is 0 Å². The lowest BCUT2D eigenvalue weighted by Crippen LogP contribution is -2.29. The molecule has 0 aromatic heterocycles. The molecule has 9 nitrogen and oxygen atoms in total. The molecule has 66 heavy (non-hydrogen) atoms. The third kappa shape index (κ3) is 51.9. The van der Waals surface area contributed by atoms with Crippen molar-refractivity contribution in [2.45, 2.75) is 296 Å². The summed E-state index contributed by atoms with van der Waals surface area (Å²) in [6.07, 6.45) is 60.8. The first-order valence-electron chi connectivity index (χ1n) is 28.3. The van der Waals surface area contributed by atoms with E-state index in [9.17, 15) is 19.0 Å². The predicted molar refractivity (Wildman–Crippen MR) is 280 cm³/mol. The molecule has 0 bridgehead atoms. The number of nitrogens with two attached hydrogens (primary N) is 1. The molecule has 0 aromatic rings. The van der Waals surface area contributed by atoms with Gasteiger partial charge < -0.3 is 20.1 Å². The standard InChI is InChI=1S/C56H108NO8P/c1-3-5-7-9-11-13-15-17-19-21-23-25-27-29-31-33-35-37-39-41-43-45-47-49-56(59)65-54(53-64-66(60,61)63-51-50-57)52-62-55(58)48-46-44-42-40-38-36-34-32-30-28-26-24-22-20-18-16-14-12-10-8-6-4-2/h15,17,21,23,54H,3-14,16,18-20,22,24-53,57H2,1-2H3,(H,60,61)/b17-15-,23-21-. The van der Waals surface area contributed by atoms with Crippen molar-refractivity contribution in [2.24, 2.45) is 5.73 Å². The van der Waals surface area contributed by atoms with Crippen LogP contribution in [0.2, 0.25) is 0 Å². The molecule has 0 rings (SSSR count). The molecule has 0 fully saturated rings. The maximum absolute atomic E-state index is 12.7. The van der Waals surface area contributed by atoms with Crippen molar-refractivity contribution in [3.8, 4) is 0 Å². The lowest BCUT2D eigenvalue weighted by Gasteiger charge is -2.19. The van der Waals surface area contributed by atoms with Gasteiger partial charge in [0, 0.05) is 19.4 Å². The first kappa shape index (κ1) is 64.5. The van der Waals surface area contributed by atoms with E-state index in [1.165, 1.54) is 212 Å². The Kier molecular flexibility index (Phi) is 51.6. The van der Waals surface area contributed by atoms with E-state index in [0.29, 0.717) is 6.42 Å². The summed E-state index contributed by atoms with van der Waals surface area (Å²) in [5, 5.41) is 0. The number of allylic oxidation sites excluding steroid dienone is 4. The summed E-state index contributed by atoms with van der Waals surface area (Å²) >= 11 is 0. The highest BCUT2D eigenvalue weighted by Crippen LogP contribution is 2.43. The molecule has 3 N–H and O–H groups in total. The third-order valence-corrected chi connectivity index (χ3v) is 13.6. The molecule has 2 unspecified atom stereocenters. The van der Waals surface area contributed by atoms with Gasteiger partial charge in [-0.3, -0.25) is 18.6 Å². The van der Waals surface area contributed by atoms with Gasteiger partial charge >= 0.3 is 19.8 Å². The second kappa shape index (κ2) is 52.9. The molecular weight excluding hydrogens is 846 g/mol. The number of carbonyl (C=O) groups is 2. The zero-order chi connectivity index (χ0) is 48.1. The molecule has 0 heterocycles. The van der Waals surface area contributed by atoms with Crippen molar-refractivity contribution in [1.82, 2.24) is 0 Å². The van der Waals surface area contributed by atoms with Gasteiger partial charge in [0.25, 0.3) is 0 Å². The largest absolute Gasteiger partial charge is 0.472 e. The summed E-state index contributed by atoms with van der Waals surface area (Å²) in [5.41, 5.74) is 5.38. The summed E-state index contributed by atoms with van der Waals surface area (Å²) in [7, 11) is -4.38. The third-order valence-electron chi connectivity index (χ3n) is 12.6. The van der Waals surface area contributed by atoms with Gasteiger partial charge in [-0.1, -0.05) is 256 Å². The Hall–Kier alpha value is -1.51. The molecule has 0 aliphatic carbocycles. The van der Waals surface area contributed by atoms with Crippen LogP contribution in [0, 0.1) is 0 Å². The van der Waals surface area contributed by atoms with Gasteiger partial charge in [-0.05, 0) is 44.9 Å². The summed E-state index contributed by atoms with van der Waals surface area (Å²) in [5.74, 6) is -0.813. The van der Waals surface area contributed by atoms with Crippen molar-refractivity contribution in [3.05, 3.63) is 24.3 Å². The van der Waals surface area contributed by atoms with Gasteiger partial charge in [-0.15, -0.1) is 0 Å². The van der Waals surface area contributed by atoms with E-state index in [-0.39, 0.29) is 38.6 Å². The zero-order valence-electron chi connectivity index (χ0n) is 43.5. The summed E-state index contributed by atoms with van der Waals surface area (Å²) in [6.45, 7) is 3.79. The van der Waals surface area contributed by atoms with Crippen LogP contribution >= 0.6 is 7.82 Å². The quantitative estimate of drug-likeness (QED) is 0.0264. The van der Waals surface area contributed by atoms with Gasteiger partial charge in [0.15, 0.2) is 6.10 Å². The minimum atomic E-state index is -4.38. The van der Waals surface area contributed by atoms with E-state index in [1.54, 1.807) is 0 Å². The lowest BCUT2D eigenvalue weighted by atomic mass is 10.0. The number of unbranched alkanes of at least 4 members (excludes halogenated alkanes) is 37. The van der Waals surface area contributed by atoms with E-state index in [0.717, 1.165) is 44.9 Å². The van der Waals surface area contributed by atoms with Crippen molar-refractivity contribution in [1.29, 1.82) is 0 Å². The molecule has 0 aromatic carbocycles. The molecule has 390 valence electrons. The second-order valence-corrected chi connectivity index (χ2v) is 20.6. The Bertz CT molecular complexity index is 1130. The Balaban J connectivity index is 3.96. The van der Waals surface area contributed by atoms with Crippen LogP contribution in [0.3, 0.4) is 0 Å². The van der Waals surface area contributed by atoms with Gasteiger partial charge in [0.2, 0.25) is 0 Å². The first-order chi connectivity index (χ1) is 32.3. The predicted octanol–water partition coefficient (Wildman–Crippen LogP) is 17.5. The Morgan fingerprint density at radius 3 is 1.15 bits per heavy atom. The van der Waals surface area contributed by atoms with E-state index in [2.05, 4.69) is 38.2 Å². The number of carbonyl (C=O) groups excluding carboxylic acids is 2. The number of phosphoric acid groups is 1. The van der Waals surface area contributed by atoms with Crippen LogP contribution in [-0.4, -0.2) is 49.3 Å². The summed E-state index contributed by atoms with van der Waals surface area (Å²) in [6, 6.07) is 0. The van der Waals surface area contributed by atoms with E-state index in [4.69, 9.17) is 24.3 Å². The summed E-state index contributed by atoms with van der Waals surface area (Å²) in [4.78, 5) is 35.2. The fourth-order valence-electron chi connectivity index (χ4n) is 8.37. The fraction of sp³-hybridized carbons (Fsp3) is 0.893. The molecule has 0 radical (unpaired) electrons. The van der Waals surface area contributed by atoms with Crippen LogP contribution in [0.4, 0.5) is 0 Å². The zero-order valence-corrected chi connectivity index (χ0v) is 44.3. The van der Waals surface area contributed by atoms with Crippen LogP contribution in [0.1, 0.15) is 290 Å². The number of ether oxygens (including phenoxy) is 2. The fourth-order valence-corrected chi connectivity index (χ4v) is 9.14. The van der Waals surface area contributed by atoms with Crippen molar-refractivity contribution in [3.63, 3.8) is 0 Å². The van der Waals surface area contributed by atoms with Crippen LogP contribution in [0.5, 0.6) is 0 Å². The molecule has 0 saturated heterocycles. The van der Waals surface area contributed by atoms with E-state index >= 15 is 0 Å². The van der Waals surface area contributed by atoms with E-state index < -0.39 is 26.5 Å². The average molecular weight is 954 g/mol. The Morgan fingerprint density at radius 1 is 0.455 bits per heavy atom. The maximum atomic E-state index is 12.7. The van der Waals surface area contributed by atoms with Crippen molar-refractivity contribution < 1.29 is 37.6 Å². The monoisotopic (exact) mass is 954 g/mol. The molecule has 0 amide bonds. The van der Waals surface area contributed by atoms with Crippen LogP contribution in [0.15, 0.2) is 24.3 Å². The minimum Gasteiger partial charge on any atom is -0.462 e. The summed E-state index contributed by atoms with van der Waals surface area (Å²) < 4.78 is 33.0. The van der Waals surface area contributed by atoms with Crippen LogP contribution in [-0.2, 0) is 32.7 Å². The maximum Gasteiger partial charge on any atom is 0.472 e. The van der Waals surface area contributed by atoms with Crippen molar-refractivity contribution in [2.75, 3.05) is 26.4 Å². The van der Waals surface area contributed by atoms with Gasteiger partial charge in [0.1, 0.15) is 6.61 Å². The smallest absolute Gasteiger partial charge is 0.462 e.